The fraction of sp³-hybridized carbons (Fsp3) is 0.246. The summed E-state index contributed by atoms with van der Waals surface area (Å²) in [6, 6.07) is 45.1. The van der Waals surface area contributed by atoms with Crippen molar-refractivity contribution in [1.82, 2.24) is 24.5 Å². The molecule has 1 aliphatic rings. The Hall–Kier alpha value is -6.73. The van der Waals surface area contributed by atoms with Gasteiger partial charge >= 0.3 is 0 Å². The van der Waals surface area contributed by atoms with Crippen molar-refractivity contribution in [3.8, 4) is 39.6 Å². The van der Waals surface area contributed by atoms with E-state index >= 15 is 0 Å². The quantitative estimate of drug-likeness (QED) is 0.154. The molecule has 0 amide bonds. The second kappa shape index (κ2) is 18.3. The van der Waals surface area contributed by atoms with Crippen LogP contribution in [0.25, 0.3) is 94.8 Å². The average molecular weight is 1090 g/mol. The smallest absolute Gasteiger partial charge is 0.228 e. The van der Waals surface area contributed by atoms with Crippen LogP contribution in [0.15, 0.2) is 136 Å². The number of aromatic nitrogens is 5. The number of hydrogen-bond acceptors (Lipinski definition) is 6. The van der Waals surface area contributed by atoms with Gasteiger partial charge in [-0.2, -0.15) is 0 Å². The fourth-order valence-electron chi connectivity index (χ4n) is 9.35. The van der Waals surface area contributed by atoms with E-state index in [9.17, 15) is 2.74 Å². The predicted molar refractivity (Wildman–Crippen MR) is 278 cm³/mol. The summed E-state index contributed by atoms with van der Waals surface area (Å²) in [6.45, 7) is 12.4. The first-order chi connectivity index (χ1) is 35.6. The molecule has 0 aliphatic heterocycles. The number of aryl methyl sites for hydroxylation is 3. The van der Waals surface area contributed by atoms with Crippen molar-refractivity contribution in [1.29, 1.82) is 0 Å². The number of benzene rings is 6. The van der Waals surface area contributed by atoms with Crippen LogP contribution in [-0.2, 0) is 38.3 Å². The summed E-state index contributed by atoms with van der Waals surface area (Å²) in [7, 11) is 0. The second-order valence-electron chi connectivity index (χ2n) is 19.1. The van der Waals surface area contributed by atoms with E-state index in [0.717, 1.165) is 55.8 Å². The van der Waals surface area contributed by atoms with E-state index in [-0.39, 0.29) is 72.3 Å². The molecule has 5 aromatic heterocycles. The van der Waals surface area contributed by atoms with E-state index in [4.69, 9.17) is 25.7 Å². The number of furan rings is 2. The molecule has 1 radical (unpaired) electrons. The van der Waals surface area contributed by atoms with Crippen molar-refractivity contribution in [3.05, 3.63) is 173 Å². The molecule has 0 fully saturated rings. The van der Waals surface area contributed by atoms with Crippen molar-refractivity contribution < 1.29 is 38.5 Å². The van der Waals surface area contributed by atoms with E-state index in [1.807, 2.05) is 89.6 Å². The zero-order valence-electron chi connectivity index (χ0n) is 46.6. The van der Waals surface area contributed by atoms with Crippen LogP contribution in [0.4, 0.5) is 0 Å². The molecule has 69 heavy (non-hydrogen) atoms. The third-order valence-electron chi connectivity index (χ3n) is 12.8. The maximum Gasteiger partial charge on any atom is 0.228 e. The summed E-state index contributed by atoms with van der Waals surface area (Å²) in [5.74, 6) is 1.08. The summed E-state index contributed by atoms with van der Waals surface area (Å²) < 4.78 is 77.7. The van der Waals surface area contributed by atoms with E-state index < -0.39 is 19.6 Å². The van der Waals surface area contributed by atoms with Crippen LogP contribution in [0, 0.1) is 19.0 Å². The van der Waals surface area contributed by atoms with Gasteiger partial charge in [-0.3, -0.25) is 15.0 Å². The molecule has 0 saturated carbocycles. The minimum Gasteiger partial charge on any atom is -0.499 e. The number of pyridine rings is 1. The number of hydrogen-bond donors (Lipinski definition) is 0. The van der Waals surface area contributed by atoms with Gasteiger partial charge in [-0.1, -0.05) is 115 Å². The van der Waals surface area contributed by atoms with Crippen molar-refractivity contribution in [3.63, 3.8) is 0 Å². The Morgan fingerprint density at radius 1 is 0.739 bits per heavy atom. The Morgan fingerprint density at radius 2 is 1.49 bits per heavy atom. The van der Waals surface area contributed by atoms with Crippen molar-refractivity contribution >= 4 is 55.2 Å². The van der Waals surface area contributed by atoms with Crippen molar-refractivity contribution in [2.75, 3.05) is 0 Å². The third kappa shape index (κ3) is 8.28. The molecule has 6 aromatic carbocycles. The summed E-state index contributed by atoms with van der Waals surface area (Å²) in [6.07, 6.45) is -1.84. The minimum absolute atomic E-state index is 0. The third-order valence-corrected chi connectivity index (χ3v) is 12.8. The van der Waals surface area contributed by atoms with E-state index in [2.05, 4.69) is 94.8 Å². The van der Waals surface area contributed by atoms with Crippen LogP contribution in [0.3, 0.4) is 0 Å². The molecule has 0 atom stereocenters. The summed E-state index contributed by atoms with van der Waals surface area (Å²) in [5, 5.41) is 1.86. The topological polar surface area (TPSA) is 82.8 Å². The molecule has 1 aliphatic carbocycles. The number of fused-ring (bicyclic) bond motifs is 9. The molecular weight excluding hydrogens is 1030 g/mol. The second-order valence-corrected chi connectivity index (χ2v) is 19.1. The fourth-order valence-corrected chi connectivity index (χ4v) is 9.35. The maximum atomic E-state index is 9.43. The first kappa shape index (κ1) is 38.2. The van der Waals surface area contributed by atoms with Gasteiger partial charge in [-0.15, -0.1) is 53.6 Å². The molecule has 12 rings (SSSR count). The molecule has 0 saturated heterocycles. The van der Waals surface area contributed by atoms with Gasteiger partial charge in [0.2, 0.25) is 5.71 Å². The first-order valence-corrected chi connectivity index (χ1v) is 23.3. The molecule has 11 aromatic rings. The Bertz CT molecular complexity index is 3980. The van der Waals surface area contributed by atoms with E-state index in [0.29, 0.717) is 50.4 Å². The summed E-state index contributed by atoms with van der Waals surface area (Å²) >= 11 is 0. The Balaban J connectivity index is 0.000000331. The van der Waals surface area contributed by atoms with Crippen LogP contribution in [0.1, 0.15) is 116 Å². The van der Waals surface area contributed by atoms with Crippen LogP contribution in [0.2, 0.25) is 0 Å². The van der Waals surface area contributed by atoms with Gasteiger partial charge in [0.05, 0.1) is 33.7 Å². The summed E-state index contributed by atoms with van der Waals surface area (Å²) in [4.78, 5) is 19.0. The van der Waals surface area contributed by atoms with E-state index in [1.54, 1.807) is 12.1 Å². The van der Waals surface area contributed by atoms with E-state index in [1.165, 1.54) is 6.07 Å². The number of para-hydroxylation sites is 1. The zero-order chi connectivity index (χ0) is 52.9. The molecule has 0 spiro atoms. The molecule has 0 N–H and O–H groups in total. The van der Waals surface area contributed by atoms with Crippen molar-refractivity contribution in [2.24, 2.45) is 0 Å². The van der Waals surface area contributed by atoms with Gasteiger partial charge in [0.15, 0.2) is 0 Å². The average Bonchev–Trinajstić information content (AvgIpc) is 4.27. The van der Waals surface area contributed by atoms with Gasteiger partial charge < -0.3 is 13.4 Å². The first-order valence-electron chi connectivity index (χ1n) is 26.8. The molecule has 8 heteroatoms. The SMILES string of the molecule is CC(C)(C)c1ccnc(-c2[c-]cccc2)n1.[2H]C([2H])([2H])c1c[c-]c(-c2nc3ccc4c(c3n2-c2c(C(C)C)cc(-c3ccccc3)cc2C(C)C)C([2H])([2H])CCC4([2H])[2H])c2oc3cc4c(nc3c12)oc1ccccc14.[Ir]. The molecule has 5 heterocycles. The van der Waals surface area contributed by atoms with Crippen LogP contribution in [0.5, 0.6) is 0 Å². The number of nitrogens with zero attached hydrogens (tertiary/aromatic N) is 5. The Labute approximate surface area is 427 Å². The van der Waals surface area contributed by atoms with Crippen molar-refractivity contribution in [2.45, 2.75) is 98.2 Å². The minimum atomic E-state index is -2.56. The molecule has 0 unspecified atom stereocenters. The predicted octanol–water partition coefficient (Wildman–Crippen LogP) is 16.0. The van der Waals surface area contributed by atoms with Gasteiger partial charge in [0.25, 0.3) is 0 Å². The maximum absolute atomic E-state index is 9.43. The van der Waals surface area contributed by atoms with Gasteiger partial charge in [0, 0.05) is 58.1 Å². The zero-order valence-corrected chi connectivity index (χ0v) is 42.0. The summed E-state index contributed by atoms with van der Waals surface area (Å²) in [5.41, 5.74) is 10.7. The van der Waals surface area contributed by atoms with Crippen LogP contribution >= 0.6 is 0 Å². The van der Waals surface area contributed by atoms with Crippen LogP contribution < -0.4 is 0 Å². The molecular formula is C61H55IrN5O2-2. The number of imidazole rings is 1. The molecule has 347 valence electrons. The normalized spacial score (nSPS) is 16.0. The van der Waals surface area contributed by atoms with Gasteiger partial charge in [0.1, 0.15) is 16.7 Å². The Morgan fingerprint density at radius 3 is 2.23 bits per heavy atom. The number of rotatable bonds is 6. The van der Waals surface area contributed by atoms with Gasteiger partial charge in [-0.25, -0.2) is 4.98 Å². The Kier molecular flexibility index (Phi) is 10.1. The standard InChI is InChI=1S/C47H40N3O2.C14H15N2.Ir/c1-26(2)35-23-31(29-13-7-6-8-14-29)24-36(27(3)4)43(35)50-44-32-16-10-9-15-30(32)20-22-38(44)48-46(50)34-21-19-28(5)41-42-40(51-45(34)41)25-37-33-17-11-12-18-39(33)52-47(37)49-42;1-14(2,3)12-9-10-15-13(16-12)11-7-5-4-6-8-11;/h6-8,11-14,17-20,22-27H,9-10,15-16H2,1-5H3;4-7,9-10H,1-3H3;/q2*-1;/i5D3,15D2,16D2;;. The van der Waals surface area contributed by atoms with Crippen LogP contribution in [-0.4, -0.2) is 24.5 Å². The monoisotopic (exact) mass is 1090 g/mol. The molecule has 7 nitrogen and oxygen atoms in total. The molecule has 0 bridgehead atoms. The van der Waals surface area contributed by atoms with Gasteiger partial charge in [-0.05, 0) is 113 Å². The largest absolute Gasteiger partial charge is 0.499 e.